The second kappa shape index (κ2) is 10.1. The number of nitrogens with zero attached hydrogens (tertiary/aromatic N) is 1. The molecule has 3 aliphatic carbocycles. The molecule has 0 heterocycles. The van der Waals surface area contributed by atoms with Crippen LogP contribution in [0.5, 0.6) is 0 Å². The number of hydrogen-bond acceptors (Lipinski definition) is 1. The van der Waals surface area contributed by atoms with Gasteiger partial charge in [0.25, 0.3) is 0 Å². The summed E-state index contributed by atoms with van der Waals surface area (Å²) >= 11 is 0. The van der Waals surface area contributed by atoms with E-state index in [1.807, 2.05) is 0 Å². The van der Waals surface area contributed by atoms with E-state index in [9.17, 15) is 0 Å². The maximum absolute atomic E-state index is 2.45. The van der Waals surface area contributed by atoms with Crippen molar-refractivity contribution in [1.82, 2.24) is 0 Å². The third-order valence-electron chi connectivity index (χ3n) is 10.8. The van der Waals surface area contributed by atoms with Crippen molar-refractivity contribution in [3.8, 4) is 33.4 Å². The molecule has 2 bridgehead atoms. The van der Waals surface area contributed by atoms with Crippen LogP contribution in [0.1, 0.15) is 36.8 Å². The zero-order chi connectivity index (χ0) is 29.1. The molecule has 1 nitrogen and oxygen atoms in total. The molecule has 0 radical (unpaired) electrons. The summed E-state index contributed by atoms with van der Waals surface area (Å²) in [4.78, 5) is 2.39. The summed E-state index contributed by atoms with van der Waals surface area (Å²) in [5, 5.41) is 0. The van der Waals surface area contributed by atoms with Crippen molar-refractivity contribution in [3.05, 3.63) is 163 Å². The standard InChI is InChI=1S/C43H35N/c1-3-12-31(13-4-1)36-16-8-10-21-41(36)44(34-14-5-2-6-15-34)35-26-23-32(24-27-35)37-18-11-20-40-42(37)38-17-7-9-19-39(38)43(40)29-30-22-25-33(43)28-30/h1-21,23-24,26-27,30,33H,22,25,28-29H2. The van der Waals surface area contributed by atoms with E-state index in [2.05, 4.69) is 157 Å². The van der Waals surface area contributed by atoms with E-state index in [0.717, 1.165) is 23.2 Å². The second-order valence-corrected chi connectivity index (χ2v) is 12.9. The Balaban J connectivity index is 1.17. The molecule has 0 saturated heterocycles. The van der Waals surface area contributed by atoms with Gasteiger partial charge in [0.15, 0.2) is 0 Å². The number of para-hydroxylation sites is 2. The highest BCUT2D eigenvalue weighted by atomic mass is 15.1. The van der Waals surface area contributed by atoms with Gasteiger partial charge in [-0.25, -0.2) is 0 Å². The molecule has 6 aromatic rings. The average molecular weight is 566 g/mol. The van der Waals surface area contributed by atoms with Crippen LogP contribution >= 0.6 is 0 Å². The minimum absolute atomic E-state index is 0.204. The maximum Gasteiger partial charge on any atom is 0.0540 e. The molecule has 2 saturated carbocycles. The zero-order valence-electron chi connectivity index (χ0n) is 24.9. The maximum atomic E-state index is 2.45. The van der Waals surface area contributed by atoms with Crippen molar-refractivity contribution in [3.63, 3.8) is 0 Å². The van der Waals surface area contributed by atoms with Gasteiger partial charge >= 0.3 is 0 Å². The number of hydrogen-bond donors (Lipinski definition) is 0. The molecule has 6 aromatic carbocycles. The second-order valence-electron chi connectivity index (χ2n) is 12.9. The fraction of sp³-hybridized carbons (Fsp3) is 0.163. The first-order valence-electron chi connectivity index (χ1n) is 16.1. The molecule has 0 aromatic heterocycles. The first-order chi connectivity index (χ1) is 21.8. The molecule has 0 amide bonds. The summed E-state index contributed by atoms with van der Waals surface area (Å²) in [6.45, 7) is 0. The van der Waals surface area contributed by atoms with Crippen LogP contribution in [0.25, 0.3) is 33.4 Å². The monoisotopic (exact) mass is 565 g/mol. The summed E-state index contributed by atoms with van der Waals surface area (Å²) in [5.74, 6) is 1.65. The van der Waals surface area contributed by atoms with Gasteiger partial charge in [0.2, 0.25) is 0 Å². The smallest absolute Gasteiger partial charge is 0.0540 e. The Morgan fingerprint density at radius 3 is 1.84 bits per heavy atom. The Morgan fingerprint density at radius 1 is 0.477 bits per heavy atom. The Bertz CT molecular complexity index is 1970. The van der Waals surface area contributed by atoms with E-state index < -0.39 is 0 Å². The van der Waals surface area contributed by atoms with Crippen molar-refractivity contribution in [2.75, 3.05) is 4.90 Å². The molecule has 44 heavy (non-hydrogen) atoms. The first kappa shape index (κ1) is 25.6. The molecule has 0 N–H and O–H groups in total. The molecular formula is C43H35N. The minimum atomic E-state index is 0.204. The number of benzene rings is 6. The fourth-order valence-corrected chi connectivity index (χ4v) is 9.00. The van der Waals surface area contributed by atoms with Crippen LogP contribution in [0.15, 0.2) is 152 Å². The van der Waals surface area contributed by atoms with Crippen molar-refractivity contribution in [1.29, 1.82) is 0 Å². The molecule has 3 unspecified atom stereocenters. The van der Waals surface area contributed by atoms with Gasteiger partial charge in [-0.15, -0.1) is 0 Å². The van der Waals surface area contributed by atoms with Crippen molar-refractivity contribution < 1.29 is 0 Å². The van der Waals surface area contributed by atoms with Crippen LogP contribution in [0.4, 0.5) is 17.1 Å². The lowest BCUT2D eigenvalue weighted by Crippen LogP contribution is -2.31. The van der Waals surface area contributed by atoms with E-state index in [4.69, 9.17) is 0 Å². The summed E-state index contributed by atoms with van der Waals surface area (Å²) in [6, 6.07) is 55.9. The molecule has 9 rings (SSSR count). The Morgan fingerprint density at radius 2 is 1.09 bits per heavy atom. The molecule has 2 fully saturated rings. The van der Waals surface area contributed by atoms with E-state index in [-0.39, 0.29) is 5.41 Å². The van der Waals surface area contributed by atoms with Crippen molar-refractivity contribution in [2.24, 2.45) is 11.8 Å². The predicted molar refractivity (Wildman–Crippen MR) is 184 cm³/mol. The Kier molecular flexibility index (Phi) is 5.88. The van der Waals surface area contributed by atoms with Crippen LogP contribution in [-0.2, 0) is 5.41 Å². The predicted octanol–water partition coefficient (Wildman–Crippen LogP) is 11.6. The quantitative estimate of drug-likeness (QED) is 0.201. The normalized spacial score (nSPS) is 20.9. The summed E-state index contributed by atoms with van der Waals surface area (Å²) < 4.78 is 0. The van der Waals surface area contributed by atoms with Gasteiger partial charge in [0, 0.05) is 22.4 Å². The van der Waals surface area contributed by atoms with Crippen LogP contribution in [0, 0.1) is 11.8 Å². The van der Waals surface area contributed by atoms with Gasteiger partial charge < -0.3 is 4.90 Å². The minimum Gasteiger partial charge on any atom is -0.310 e. The summed E-state index contributed by atoms with van der Waals surface area (Å²) in [7, 11) is 0. The largest absolute Gasteiger partial charge is 0.310 e. The van der Waals surface area contributed by atoms with Gasteiger partial charge in [0.1, 0.15) is 0 Å². The first-order valence-corrected chi connectivity index (χ1v) is 16.1. The Labute approximate surface area is 260 Å². The number of anilines is 3. The molecule has 3 atom stereocenters. The third kappa shape index (κ3) is 3.78. The Hall–Kier alpha value is -4.88. The molecular weight excluding hydrogens is 530 g/mol. The SMILES string of the molecule is c1ccc(-c2ccccc2N(c2ccccc2)c2ccc(-c3cccc4c3-c3ccccc3C43CC4CCC3C4)cc2)cc1. The van der Waals surface area contributed by atoms with Crippen LogP contribution < -0.4 is 4.90 Å². The van der Waals surface area contributed by atoms with E-state index >= 15 is 0 Å². The van der Waals surface area contributed by atoms with Gasteiger partial charge in [0.05, 0.1) is 5.69 Å². The van der Waals surface area contributed by atoms with E-state index in [0.29, 0.717) is 0 Å². The summed E-state index contributed by atoms with van der Waals surface area (Å²) in [6.07, 6.45) is 5.50. The molecule has 212 valence electrons. The van der Waals surface area contributed by atoms with Gasteiger partial charge in [-0.05, 0) is 100 Å². The van der Waals surface area contributed by atoms with Gasteiger partial charge in [-0.3, -0.25) is 0 Å². The molecule has 1 spiro atoms. The number of fused-ring (bicyclic) bond motifs is 8. The fourth-order valence-electron chi connectivity index (χ4n) is 9.00. The number of rotatable bonds is 5. The van der Waals surface area contributed by atoms with Crippen LogP contribution in [0.3, 0.4) is 0 Å². The summed E-state index contributed by atoms with van der Waals surface area (Å²) in [5.41, 5.74) is 14.8. The van der Waals surface area contributed by atoms with Crippen molar-refractivity contribution in [2.45, 2.75) is 31.1 Å². The van der Waals surface area contributed by atoms with Crippen molar-refractivity contribution >= 4 is 17.1 Å². The zero-order valence-corrected chi connectivity index (χ0v) is 24.9. The molecule has 0 aliphatic heterocycles. The highest BCUT2D eigenvalue weighted by molar-refractivity contribution is 5.94. The lowest BCUT2D eigenvalue weighted by atomic mass is 9.66. The van der Waals surface area contributed by atoms with Crippen LogP contribution in [-0.4, -0.2) is 0 Å². The van der Waals surface area contributed by atoms with E-state index in [1.165, 1.54) is 64.8 Å². The molecule has 1 heteroatoms. The average Bonchev–Trinajstić information content (AvgIpc) is 3.79. The van der Waals surface area contributed by atoms with Gasteiger partial charge in [-0.2, -0.15) is 0 Å². The van der Waals surface area contributed by atoms with Crippen LogP contribution in [0.2, 0.25) is 0 Å². The molecule has 3 aliphatic rings. The van der Waals surface area contributed by atoms with Gasteiger partial charge in [-0.1, -0.05) is 128 Å². The highest BCUT2D eigenvalue weighted by Gasteiger charge is 2.56. The third-order valence-corrected chi connectivity index (χ3v) is 10.8. The van der Waals surface area contributed by atoms with E-state index in [1.54, 1.807) is 11.1 Å². The lowest BCUT2D eigenvalue weighted by molar-refractivity contribution is 0.327. The lowest BCUT2D eigenvalue weighted by Gasteiger charge is -2.36. The highest BCUT2D eigenvalue weighted by Crippen LogP contribution is 2.66. The topological polar surface area (TPSA) is 3.24 Å².